The Morgan fingerprint density at radius 1 is 1.32 bits per heavy atom. The summed E-state index contributed by atoms with van der Waals surface area (Å²) in [6.45, 7) is 1.67. The maximum atomic E-state index is 12.2. The molecular formula is C15H18N6O. The molecule has 0 spiro atoms. The van der Waals surface area contributed by atoms with E-state index in [1.165, 1.54) is 0 Å². The highest BCUT2D eigenvalue weighted by atomic mass is 16.1. The van der Waals surface area contributed by atoms with Crippen LogP contribution in [0.1, 0.15) is 25.3 Å². The van der Waals surface area contributed by atoms with Crippen molar-refractivity contribution in [2.75, 3.05) is 18.4 Å². The highest BCUT2D eigenvalue weighted by Gasteiger charge is 2.28. The fourth-order valence-corrected chi connectivity index (χ4v) is 2.81. The summed E-state index contributed by atoms with van der Waals surface area (Å²) >= 11 is 0. The first kappa shape index (κ1) is 13.4. The third kappa shape index (κ3) is 2.59. The Hall–Kier alpha value is -2.28. The molecule has 2 N–H and O–H groups in total. The minimum Gasteiger partial charge on any atom is -0.326 e. The summed E-state index contributed by atoms with van der Waals surface area (Å²) < 4.78 is 1.88. The molecule has 1 aromatic carbocycles. The smallest absolute Gasteiger partial charge is 0.228 e. The van der Waals surface area contributed by atoms with Crippen LogP contribution in [0.4, 0.5) is 5.69 Å². The maximum Gasteiger partial charge on any atom is 0.228 e. The lowest BCUT2D eigenvalue weighted by Gasteiger charge is -2.11. The van der Waals surface area contributed by atoms with Gasteiger partial charge in [0.2, 0.25) is 5.91 Å². The van der Waals surface area contributed by atoms with E-state index >= 15 is 0 Å². The number of amides is 1. The van der Waals surface area contributed by atoms with E-state index < -0.39 is 0 Å². The van der Waals surface area contributed by atoms with Crippen LogP contribution >= 0.6 is 0 Å². The Balaban J connectivity index is 1.55. The number of rotatable bonds is 4. The van der Waals surface area contributed by atoms with Gasteiger partial charge in [0.05, 0.1) is 12.0 Å². The van der Waals surface area contributed by atoms with Gasteiger partial charge in [0, 0.05) is 17.8 Å². The summed E-state index contributed by atoms with van der Waals surface area (Å²) in [4.78, 5) is 12.2. The van der Waals surface area contributed by atoms with Crippen molar-refractivity contribution < 1.29 is 4.79 Å². The topological polar surface area (TPSA) is 84.7 Å². The van der Waals surface area contributed by atoms with Gasteiger partial charge >= 0.3 is 0 Å². The number of nitrogens with zero attached hydrogens (tertiary/aromatic N) is 4. The number of hydrogen-bond donors (Lipinski definition) is 2. The quantitative estimate of drug-likeness (QED) is 0.886. The van der Waals surface area contributed by atoms with E-state index in [-0.39, 0.29) is 11.8 Å². The molecule has 1 aliphatic carbocycles. The van der Waals surface area contributed by atoms with Gasteiger partial charge in [-0.1, -0.05) is 12.1 Å². The van der Waals surface area contributed by atoms with E-state index in [0.29, 0.717) is 6.04 Å². The molecule has 2 heterocycles. The molecule has 114 valence electrons. The van der Waals surface area contributed by atoms with Crippen LogP contribution in [0.2, 0.25) is 0 Å². The molecule has 1 atom stereocenters. The maximum absolute atomic E-state index is 12.2. The van der Waals surface area contributed by atoms with Gasteiger partial charge in [-0.2, -0.15) is 0 Å². The van der Waals surface area contributed by atoms with E-state index in [1.807, 2.05) is 28.9 Å². The monoisotopic (exact) mass is 298 g/mol. The highest BCUT2D eigenvalue weighted by Crippen LogP contribution is 2.36. The van der Waals surface area contributed by atoms with Crippen LogP contribution in [0, 0.1) is 5.92 Å². The predicted molar refractivity (Wildman–Crippen MR) is 81.1 cm³/mol. The zero-order valence-electron chi connectivity index (χ0n) is 12.2. The molecule has 2 fully saturated rings. The molecule has 1 aromatic heterocycles. The first-order valence-electron chi connectivity index (χ1n) is 7.71. The van der Waals surface area contributed by atoms with E-state index in [4.69, 9.17) is 0 Å². The lowest BCUT2D eigenvalue weighted by atomic mass is 10.1. The number of carbonyl (C=O) groups excluding carboxylic acids is 1. The molecule has 2 aliphatic rings. The van der Waals surface area contributed by atoms with Gasteiger partial charge in [-0.05, 0) is 48.4 Å². The molecular weight excluding hydrogens is 280 g/mol. The number of carbonyl (C=O) groups is 1. The SMILES string of the molecule is O=C(Nc1cccc(-c2nnnn2C2CC2)c1)C1CCNC1. The molecule has 1 aliphatic heterocycles. The summed E-state index contributed by atoms with van der Waals surface area (Å²) in [6, 6.07) is 8.15. The predicted octanol–water partition coefficient (Wildman–Crippen LogP) is 1.22. The molecule has 22 heavy (non-hydrogen) atoms. The standard InChI is InChI=1S/C15H18N6O/c22-15(11-6-7-16-9-11)17-12-3-1-2-10(8-12)14-18-19-20-21(14)13-4-5-13/h1-3,8,11,13,16H,4-7,9H2,(H,17,22). The van der Waals surface area contributed by atoms with Gasteiger partial charge in [0.25, 0.3) is 0 Å². The van der Waals surface area contributed by atoms with Crippen LogP contribution in [0.25, 0.3) is 11.4 Å². The third-order valence-electron chi connectivity index (χ3n) is 4.20. The molecule has 4 rings (SSSR count). The minimum absolute atomic E-state index is 0.0560. The van der Waals surface area contributed by atoms with E-state index in [9.17, 15) is 4.79 Å². The van der Waals surface area contributed by atoms with Gasteiger partial charge in [-0.25, -0.2) is 4.68 Å². The summed E-state index contributed by atoms with van der Waals surface area (Å²) in [5.41, 5.74) is 1.72. The third-order valence-corrected chi connectivity index (χ3v) is 4.20. The second-order valence-corrected chi connectivity index (χ2v) is 5.94. The van der Waals surface area contributed by atoms with Gasteiger partial charge in [-0.3, -0.25) is 4.79 Å². The number of anilines is 1. The van der Waals surface area contributed by atoms with Crippen molar-refractivity contribution in [3.63, 3.8) is 0 Å². The van der Waals surface area contributed by atoms with Gasteiger partial charge in [-0.15, -0.1) is 5.10 Å². The van der Waals surface area contributed by atoms with Crippen molar-refractivity contribution in [3.05, 3.63) is 24.3 Å². The summed E-state index contributed by atoms with van der Waals surface area (Å²) in [5.74, 6) is 0.894. The molecule has 0 bridgehead atoms. The molecule has 7 heteroatoms. The second kappa shape index (κ2) is 5.49. The molecule has 1 saturated heterocycles. The fourth-order valence-electron chi connectivity index (χ4n) is 2.81. The zero-order valence-corrected chi connectivity index (χ0v) is 12.2. The molecule has 1 amide bonds. The average Bonchev–Trinajstić information content (AvgIpc) is 3.05. The Morgan fingerprint density at radius 3 is 3.00 bits per heavy atom. The van der Waals surface area contributed by atoms with Crippen molar-refractivity contribution >= 4 is 11.6 Å². The first-order chi connectivity index (χ1) is 10.8. The Labute approximate surface area is 128 Å². The highest BCUT2D eigenvalue weighted by molar-refractivity contribution is 5.93. The van der Waals surface area contributed by atoms with Gasteiger partial charge in [0.1, 0.15) is 0 Å². The average molecular weight is 298 g/mol. The van der Waals surface area contributed by atoms with Gasteiger partial charge < -0.3 is 10.6 Å². The molecule has 7 nitrogen and oxygen atoms in total. The first-order valence-corrected chi connectivity index (χ1v) is 7.71. The van der Waals surface area contributed by atoms with Crippen LogP contribution in [0.15, 0.2) is 24.3 Å². The van der Waals surface area contributed by atoms with Crippen molar-refractivity contribution in [2.45, 2.75) is 25.3 Å². The zero-order chi connectivity index (χ0) is 14.9. The minimum atomic E-state index is 0.0560. The lowest BCUT2D eigenvalue weighted by molar-refractivity contribution is -0.119. The van der Waals surface area contributed by atoms with Crippen molar-refractivity contribution in [1.82, 2.24) is 25.5 Å². The lowest BCUT2D eigenvalue weighted by Crippen LogP contribution is -2.24. The summed E-state index contributed by atoms with van der Waals surface area (Å²) in [6.07, 6.45) is 3.15. The van der Waals surface area contributed by atoms with Gasteiger partial charge in [0.15, 0.2) is 5.82 Å². The Morgan fingerprint density at radius 2 is 2.23 bits per heavy atom. The van der Waals surface area contributed by atoms with Crippen LogP contribution < -0.4 is 10.6 Å². The number of aromatic nitrogens is 4. The van der Waals surface area contributed by atoms with Crippen molar-refractivity contribution in [1.29, 1.82) is 0 Å². The molecule has 2 aromatic rings. The van der Waals surface area contributed by atoms with E-state index in [2.05, 4.69) is 26.2 Å². The van der Waals surface area contributed by atoms with Crippen LogP contribution in [0.3, 0.4) is 0 Å². The van der Waals surface area contributed by atoms with Crippen LogP contribution in [-0.4, -0.2) is 39.2 Å². The summed E-state index contributed by atoms with van der Waals surface area (Å²) in [5, 5.41) is 18.2. The van der Waals surface area contributed by atoms with Crippen LogP contribution in [-0.2, 0) is 4.79 Å². The normalized spacial score (nSPS) is 21.0. The second-order valence-electron chi connectivity index (χ2n) is 5.94. The van der Waals surface area contributed by atoms with Crippen molar-refractivity contribution in [3.8, 4) is 11.4 Å². The summed E-state index contributed by atoms with van der Waals surface area (Å²) in [7, 11) is 0. The number of benzene rings is 1. The number of hydrogen-bond acceptors (Lipinski definition) is 5. The Kier molecular flexibility index (Phi) is 3.34. The molecule has 0 radical (unpaired) electrons. The number of nitrogens with one attached hydrogen (secondary N) is 2. The Bertz CT molecular complexity index is 687. The van der Waals surface area contributed by atoms with E-state index in [1.54, 1.807) is 0 Å². The van der Waals surface area contributed by atoms with Crippen LogP contribution in [0.5, 0.6) is 0 Å². The van der Waals surface area contributed by atoms with Crippen molar-refractivity contribution in [2.24, 2.45) is 5.92 Å². The molecule has 1 unspecified atom stereocenters. The molecule has 1 saturated carbocycles. The fraction of sp³-hybridized carbons (Fsp3) is 0.467. The largest absolute Gasteiger partial charge is 0.326 e. The van der Waals surface area contributed by atoms with E-state index in [0.717, 1.165) is 49.4 Å². The number of tetrazole rings is 1.